The van der Waals surface area contributed by atoms with Gasteiger partial charge in [-0.1, -0.05) is 35.0 Å². The van der Waals surface area contributed by atoms with Crippen molar-refractivity contribution in [1.29, 1.82) is 0 Å². The van der Waals surface area contributed by atoms with Crippen molar-refractivity contribution in [2.24, 2.45) is 0 Å². The zero-order valence-corrected chi connectivity index (χ0v) is 19.5. The second-order valence-corrected chi connectivity index (χ2v) is 8.23. The molecule has 0 spiro atoms. The van der Waals surface area contributed by atoms with E-state index < -0.39 is 11.6 Å². The number of aromatic nitrogens is 3. The normalized spacial score (nSPS) is 12.1. The molecule has 0 aliphatic heterocycles. The molecule has 4 rings (SSSR count). The molecule has 8 nitrogen and oxygen atoms in total. The molecular formula is C25H26N4O4. The van der Waals surface area contributed by atoms with Crippen molar-refractivity contribution in [3.05, 3.63) is 69.2 Å². The number of ether oxygens (including phenoxy) is 1. The first-order valence-corrected chi connectivity index (χ1v) is 10.6. The zero-order valence-electron chi connectivity index (χ0n) is 19.5. The summed E-state index contributed by atoms with van der Waals surface area (Å²) in [7, 11) is 1.58. The fourth-order valence-corrected chi connectivity index (χ4v) is 4.06. The van der Waals surface area contributed by atoms with Crippen molar-refractivity contribution < 1.29 is 14.1 Å². The number of benzene rings is 2. The predicted molar refractivity (Wildman–Crippen MR) is 127 cm³/mol. The van der Waals surface area contributed by atoms with Crippen molar-refractivity contribution in [1.82, 2.24) is 14.9 Å². The summed E-state index contributed by atoms with van der Waals surface area (Å²) in [5.41, 5.74) is 4.60. The van der Waals surface area contributed by atoms with Crippen LogP contribution in [0, 0.1) is 27.7 Å². The van der Waals surface area contributed by atoms with Gasteiger partial charge in [0.2, 0.25) is 5.91 Å². The lowest BCUT2D eigenvalue weighted by atomic mass is 10.0. The van der Waals surface area contributed by atoms with E-state index in [0.29, 0.717) is 22.6 Å². The van der Waals surface area contributed by atoms with Crippen LogP contribution in [0.25, 0.3) is 22.2 Å². The quantitative estimate of drug-likeness (QED) is 0.485. The predicted octanol–water partition coefficient (Wildman–Crippen LogP) is 4.49. The van der Waals surface area contributed by atoms with E-state index in [1.165, 1.54) is 0 Å². The maximum Gasteiger partial charge on any atom is 0.297 e. The van der Waals surface area contributed by atoms with E-state index in [1.54, 1.807) is 21.0 Å². The molecule has 170 valence electrons. The Kier molecular flexibility index (Phi) is 5.76. The van der Waals surface area contributed by atoms with Gasteiger partial charge in [0.1, 0.15) is 23.2 Å². The van der Waals surface area contributed by atoms with Gasteiger partial charge in [-0.25, -0.2) is 4.68 Å². The first-order valence-electron chi connectivity index (χ1n) is 10.6. The summed E-state index contributed by atoms with van der Waals surface area (Å²) in [6, 6.07) is 10.4. The fraction of sp³-hybridized carbons (Fsp3) is 0.280. The summed E-state index contributed by atoms with van der Waals surface area (Å²) < 4.78 is 11.8. The average molecular weight is 447 g/mol. The Morgan fingerprint density at radius 2 is 1.82 bits per heavy atom. The number of hydrogen-bond acceptors (Lipinski definition) is 6. The lowest BCUT2D eigenvalue weighted by Gasteiger charge is -2.18. The van der Waals surface area contributed by atoms with Crippen LogP contribution in [-0.2, 0) is 4.79 Å². The van der Waals surface area contributed by atoms with E-state index in [4.69, 9.17) is 9.26 Å². The largest absolute Gasteiger partial charge is 0.497 e. The number of rotatable bonds is 5. The van der Waals surface area contributed by atoms with Gasteiger partial charge in [0.15, 0.2) is 5.52 Å². The topological polar surface area (TPSA) is 99.2 Å². The summed E-state index contributed by atoms with van der Waals surface area (Å²) in [5.74, 6) is 0.767. The highest BCUT2D eigenvalue weighted by atomic mass is 16.5. The van der Waals surface area contributed by atoms with Crippen molar-refractivity contribution in [2.45, 2.75) is 40.7 Å². The van der Waals surface area contributed by atoms with E-state index >= 15 is 0 Å². The van der Waals surface area contributed by atoms with Gasteiger partial charge in [-0.05, 0) is 57.9 Å². The molecule has 0 radical (unpaired) electrons. The van der Waals surface area contributed by atoms with Gasteiger partial charge in [-0.3, -0.25) is 9.59 Å². The summed E-state index contributed by atoms with van der Waals surface area (Å²) >= 11 is 0. The third-order valence-electron chi connectivity index (χ3n) is 5.73. The molecule has 1 N–H and O–H groups in total. The lowest BCUT2D eigenvalue weighted by Crippen LogP contribution is -2.34. The van der Waals surface area contributed by atoms with Crippen LogP contribution >= 0.6 is 0 Å². The van der Waals surface area contributed by atoms with Crippen molar-refractivity contribution in [3.63, 3.8) is 0 Å². The smallest absolute Gasteiger partial charge is 0.297 e. The summed E-state index contributed by atoms with van der Waals surface area (Å²) in [5, 5.41) is 12.0. The standard InChI is InChI=1S/C25H26N4O4/c1-13-10-14(2)21(15(3)11-13)26-24(30)16(4)29-25(31)23-20(17(5)33-28-23)22(27-29)18-8-7-9-19(12-18)32-6/h7-12,16H,1-6H3,(H,26,30). The number of methoxy groups -OCH3 is 1. The van der Waals surface area contributed by atoms with E-state index in [0.717, 1.165) is 32.6 Å². The van der Waals surface area contributed by atoms with Gasteiger partial charge in [-0.15, -0.1) is 0 Å². The monoisotopic (exact) mass is 446 g/mol. The number of carbonyl (C=O) groups excluding carboxylic acids is 1. The molecule has 4 aromatic rings. The van der Waals surface area contributed by atoms with E-state index in [2.05, 4.69) is 15.6 Å². The van der Waals surface area contributed by atoms with E-state index in [9.17, 15) is 9.59 Å². The molecule has 0 saturated carbocycles. The van der Waals surface area contributed by atoms with Gasteiger partial charge in [0.25, 0.3) is 5.56 Å². The fourth-order valence-electron chi connectivity index (χ4n) is 4.06. The van der Waals surface area contributed by atoms with Crippen LogP contribution in [0.5, 0.6) is 5.75 Å². The molecule has 0 aliphatic rings. The Bertz CT molecular complexity index is 1410. The molecule has 0 saturated heterocycles. The van der Waals surface area contributed by atoms with Crippen LogP contribution < -0.4 is 15.6 Å². The molecule has 0 aliphatic carbocycles. The zero-order chi connectivity index (χ0) is 23.9. The number of nitrogens with one attached hydrogen (secondary N) is 1. The molecule has 1 atom stereocenters. The van der Waals surface area contributed by atoms with Gasteiger partial charge in [0, 0.05) is 11.3 Å². The molecule has 1 amide bonds. The first-order chi connectivity index (χ1) is 15.7. The molecule has 0 fully saturated rings. The minimum atomic E-state index is -0.886. The van der Waals surface area contributed by atoms with Crippen molar-refractivity contribution in [3.8, 4) is 17.0 Å². The second kappa shape index (κ2) is 8.54. The second-order valence-electron chi connectivity index (χ2n) is 8.23. The number of fused-ring (bicyclic) bond motifs is 1. The van der Waals surface area contributed by atoms with Crippen molar-refractivity contribution >= 4 is 22.5 Å². The van der Waals surface area contributed by atoms with Gasteiger partial charge >= 0.3 is 0 Å². The third kappa shape index (κ3) is 4.00. The third-order valence-corrected chi connectivity index (χ3v) is 5.73. The summed E-state index contributed by atoms with van der Waals surface area (Å²) in [6.45, 7) is 9.25. The molecule has 2 heterocycles. The molecule has 2 aromatic heterocycles. The van der Waals surface area contributed by atoms with Crippen LogP contribution in [0.1, 0.15) is 35.4 Å². The highest BCUT2D eigenvalue weighted by Crippen LogP contribution is 2.30. The van der Waals surface area contributed by atoms with Gasteiger partial charge in [0.05, 0.1) is 12.5 Å². The first kappa shape index (κ1) is 22.3. The maximum atomic E-state index is 13.2. The Morgan fingerprint density at radius 1 is 1.12 bits per heavy atom. The molecular weight excluding hydrogens is 420 g/mol. The van der Waals surface area contributed by atoms with Crippen LogP contribution in [-0.4, -0.2) is 28.0 Å². The minimum absolute atomic E-state index is 0.127. The Labute approximate surface area is 191 Å². The molecule has 33 heavy (non-hydrogen) atoms. The maximum absolute atomic E-state index is 13.2. The van der Waals surface area contributed by atoms with Crippen molar-refractivity contribution in [2.75, 3.05) is 12.4 Å². The minimum Gasteiger partial charge on any atom is -0.497 e. The molecule has 8 heteroatoms. The number of amides is 1. The molecule has 1 unspecified atom stereocenters. The molecule has 0 bridgehead atoms. The van der Waals surface area contributed by atoms with Crippen LogP contribution in [0.2, 0.25) is 0 Å². The van der Waals surface area contributed by atoms with Crippen LogP contribution in [0.3, 0.4) is 0 Å². The summed E-state index contributed by atoms with van der Waals surface area (Å²) in [4.78, 5) is 26.4. The van der Waals surface area contributed by atoms with Crippen LogP contribution in [0.15, 0.2) is 45.7 Å². The number of carbonyl (C=O) groups is 1. The van der Waals surface area contributed by atoms with Gasteiger partial charge < -0.3 is 14.6 Å². The highest BCUT2D eigenvalue weighted by Gasteiger charge is 2.25. The molecule has 2 aromatic carbocycles. The highest BCUT2D eigenvalue weighted by molar-refractivity contribution is 5.96. The Balaban J connectivity index is 1.82. The SMILES string of the molecule is COc1cccc(-c2nn(C(C)C(=O)Nc3c(C)cc(C)cc3C)c(=O)c3noc(C)c23)c1. The van der Waals surface area contributed by atoms with Gasteiger partial charge in [-0.2, -0.15) is 5.10 Å². The Morgan fingerprint density at radius 3 is 2.48 bits per heavy atom. The van der Waals surface area contributed by atoms with Crippen LogP contribution in [0.4, 0.5) is 5.69 Å². The number of nitrogens with zero attached hydrogens (tertiary/aromatic N) is 3. The lowest BCUT2D eigenvalue weighted by molar-refractivity contribution is -0.119. The Hall–Kier alpha value is -3.94. The van der Waals surface area contributed by atoms with E-state index in [1.807, 2.05) is 57.2 Å². The number of anilines is 1. The average Bonchev–Trinajstić information content (AvgIpc) is 3.18. The summed E-state index contributed by atoms with van der Waals surface area (Å²) in [6.07, 6.45) is 0. The van der Waals surface area contributed by atoms with E-state index in [-0.39, 0.29) is 11.4 Å². The number of hydrogen-bond donors (Lipinski definition) is 1. The number of aryl methyl sites for hydroxylation is 4.